The molecule has 0 fully saturated rings. The van der Waals surface area contributed by atoms with E-state index in [1.807, 2.05) is 0 Å². The summed E-state index contributed by atoms with van der Waals surface area (Å²) in [6.07, 6.45) is 0. The molecule has 0 aliphatic rings. The maximum atomic E-state index is 11.3. The van der Waals surface area contributed by atoms with Gasteiger partial charge in [-0.2, -0.15) is 0 Å². The topological polar surface area (TPSA) is 110 Å². The number of thiocarbonyl (C=S) groups is 1. The largest absolute Gasteiger partial charge is 0.366 e. The number of primary amides is 1. The van der Waals surface area contributed by atoms with Gasteiger partial charge in [-0.3, -0.25) is 14.9 Å². The fourth-order valence-electron chi connectivity index (χ4n) is 1.76. The first-order valence-electron chi connectivity index (χ1n) is 6.18. The van der Waals surface area contributed by atoms with Gasteiger partial charge >= 0.3 is 0 Å². The van der Waals surface area contributed by atoms with Gasteiger partial charge in [0.1, 0.15) is 0 Å². The highest BCUT2D eigenvalue weighted by Crippen LogP contribution is 2.17. The quantitative estimate of drug-likeness (QED) is 0.454. The van der Waals surface area contributed by atoms with Gasteiger partial charge in [-0.1, -0.05) is 12.1 Å². The van der Waals surface area contributed by atoms with Crippen LogP contribution in [-0.2, 0) is 0 Å². The summed E-state index contributed by atoms with van der Waals surface area (Å²) in [5, 5.41) is 16.6. The predicted octanol–water partition coefficient (Wildman–Crippen LogP) is 2.50. The van der Waals surface area contributed by atoms with Gasteiger partial charge in [-0.05, 0) is 36.5 Å². The van der Waals surface area contributed by atoms with Gasteiger partial charge in [0.05, 0.1) is 16.2 Å². The molecular weight excluding hydrogens is 304 g/mol. The van der Waals surface area contributed by atoms with Crippen molar-refractivity contribution in [1.82, 2.24) is 0 Å². The van der Waals surface area contributed by atoms with E-state index < -0.39 is 10.8 Å². The van der Waals surface area contributed by atoms with Crippen molar-refractivity contribution in [3.63, 3.8) is 0 Å². The number of nitro benzene ring substituents is 1. The van der Waals surface area contributed by atoms with Crippen LogP contribution in [0, 0.1) is 10.1 Å². The summed E-state index contributed by atoms with van der Waals surface area (Å²) >= 11 is 5.14. The van der Waals surface area contributed by atoms with E-state index >= 15 is 0 Å². The second kappa shape index (κ2) is 6.64. The number of nitrogens with two attached hydrogens (primary N) is 1. The number of benzene rings is 2. The zero-order chi connectivity index (χ0) is 16.1. The number of nitrogens with zero attached hydrogens (tertiary/aromatic N) is 1. The third-order valence-electron chi connectivity index (χ3n) is 2.78. The van der Waals surface area contributed by atoms with Crippen LogP contribution in [0.1, 0.15) is 10.4 Å². The van der Waals surface area contributed by atoms with Crippen molar-refractivity contribution in [2.45, 2.75) is 0 Å². The van der Waals surface area contributed by atoms with Crippen molar-refractivity contribution in [3.05, 3.63) is 64.2 Å². The third-order valence-corrected chi connectivity index (χ3v) is 2.98. The Labute approximate surface area is 131 Å². The first-order valence-corrected chi connectivity index (χ1v) is 6.59. The van der Waals surface area contributed by atoms with Gasteiger partial charge in [0.2, 0.25) is 0 Å². The van der Waals surface area contributed by atoms with Crippen LogP contribution in [0.5, 0.6) is 0 Å². The molecule has 0 bridgehead atoms. The molecule has 22 heavy (non-hydrogen) atoms. The molecule has 0 unspecified atom stereocenters. The highest BCUT2D eigenvalue weighted by Gasteiger charge is 2.09. The number of nitrogens with one attached hydrogen (secondary N) is 2. The summed E-state index contributed by atoms with van der Waals surface area (Å²) < 4.78 is 0. The van der Waals surface area contributed by atoms with E-state index in [1.54, 1.807) is 24.3 Å². The molecular formula is C14H12N4O3S. The van der Waals surface area contributed by atoms with Gasteiger partial charge in [-0.15, -0.1) is 0 Å². The molecule has 0 aliphatic heterocycles. The molecule has 4 N–H and O–H groups in total. The Bertz CT molecular complexity index is 731. The van der Waals surface area contributed by atoms with Crippen LogP contribution < -0.4 is 16.4 Å². The second-order valence-corrected chi connectivity index (χ2v) is 4.70. The van der Waals surface area contributed by atoms with E-state index in [9.17, 15) is 14.9 Å². The molecule has 0 saturated carbocycles. The first-order chi connectivity index (χ1) is 10.5. The summed E-state index contributed by atoms with van der Waals surface area (Å²) in [6, 6.07) is 12.5. The van der Waals surface area contributed by atoms with Crippen molar-refractivity contribution >= 4 is 40.3 Å². The zero-order valence-corrected chi connectivity index (χ0v) is 12.1. The summed E-state index contributed by atoms with van der Waals surface area (Å²) in [7, 11) is 0. The number of hydrogen-bond acceptors (Lipinski definition) is 4. The van der Waals surface area contributed by atoms with Gasteiger partial charge in [0.15, 0.2) is 5.11 Å². The van der Waals surface area contributed by atoms with Crippen molar-refractivity contribution in [1.29, 1.82) is 0 Å². The third kappa shape index (κ3) is 3.76. The Balaban J connectivity index is 2.07. The highest BCUT2D eigenvalue weighted by atomic mass is 32.1. The van der Waals surface area contributed by atoms with Crippen molar-refractivity contribution in [3.8, 4) is 0 Å². The van der Waals surface area contributed by atoms with Crippen LogP contribution in [0.25, 0.3) is 0 Å². The lowest BCUT2D eigenvalue weighted by molar-refractivity contribution is -0.384. The summed E-state index contributed by atoms with van der Waals surface area (Å²) in [5.41, 5.74) is 6.65. The van der Waals surface area contributed by atoms with Gasteiger partial charge in [-0.25, -0.2) is 0 Å². The molecule has 0 heterocycles. The number of carbonyl (C=O) groups is 1. The predicted molar refractivity (Wildman–Crippen MR) is 87.9 cm³/mol. The van der Waals surface area contributed by atoms with E-state index in [2.05, 4.69) is 10.6 Å². The smallest absolute Gasteiger partial charge is 0.269 e. The normalized spacial score (nSPS) is 9.82. The van der Waals surface area contributed by atoms with E-state index in [-0.39, 0.29) is 10.8 Å². The molecule has 0 aliphatic carbocycles. The molecule has 0 saturated heterocycles. The van der Waals surface area contributed by atoms with E-state index in [0.717, 1.165) is 0 Å². The van der Waals surface area contributed by atoms with Crippen molar-refractivity contribution < 1.29 is 9.72 Å². The molecule has 1 amide bonds. The average Bonchev–Trinajstić information content (AvgIpc) is 2.48. The standard InChI is InChI=1S/C14H12N4O3S/c15-13(19)11-3-1-2-4-12(11)17-14(22)16-9-5-7-10(8-6-9)18(20)21/h1-8H,(H2,15,19)(H2,16,17,22). The van der Waals surface area contributed by atoms with Gasteiger partial charge in [0.25, 0.3) is 11.6 Å². The van der Waals surface area contributed by atoms with Crippen LogP contribution in [-0.4, -0.2) is 15.9 Å². The first kappa shape index (κ1) is 15.4. The van der Waals surface area contributed by atoms with Crippen LogP contribution >= 0.6 is 12.2 Å². The number of anilines is 2. The SMILES string of the molecule is NC(=O)c1ccccc1NC(=S)Nc1ccc([N+](=O)[O-])cc1. The molecule has 2 aromatic rings. The minimum atomic E-state index is -0.568. The summed E-state index contributed by atoms with van der Waals surface area (Å²) in [5.74, 6) is -0.568. The van der Waals surface area contributed by atoms with Crippen molar-refractivity contribution in [2.24, 2.45) is 5.73 Å². The number of non-ortho nitro benzene ring substituents is 1. The molecule has 7 nitrogen and oxygen atoms in total. The lowest BCUT2D eigenvalue weighted by atomic mass is 10.1. The molecule has 2 rings (SSSR count). The number of hydrogen-bond donors (Lipinski definition) is 3. The molecule has 0 aromatic heterocycles. The Hall–Kier alpha value is -3.00. The number of para-hydroxylation sites is 1. The molecule has 2 aromatic carbocycles. The van der Waals surface area contributed by atoms with Crippen LogP contribution in [0.2, 0.25) is 0 Å². The average molecular weight is 316 g/mol. The number of amides is 1. The monoisotopic (exact) mass is 316 g/mol. The Morgan fingerprint density at radius 1 is 1.09 bits per heavy atom. The molecule has 0 spiro atoms. The van der Waals surface area contributed by atoms with Crippen molar-refractivity contribution in [2.75, 3.05) is 10.6 Å². The second-order valence-electron chi connectivity index (χ2n) is 4.29. The highest BCUT2D eigenvalue weighted by molar-refractivity contribution is 7.80. The van der Waals surface area contributed by atoms with Crippen LogP contribution in [0.3, 0.4) is 0 Å². The lowest BCUT2D eigenvalue weighted by Gasteiger charge is -2.12. The Kier molecular flexibility index (Phi) is 4.64. The van der Waals surface area contributed by atoms with E-state index in [4.69, 9.17) is 18.0 Å². The molecule has 0 atom stereocenters. The fraction of sp³-hybridized carbons (Fsp3) is 0. The summed E-state index contributed by atoms with van der Waals surface area (Å²) in [4.78, 5) is 21.4. The van der Waals surface area contributed by atoms with E-state index in [1.165, 1.54) is 24.3 Å². The minimum absolute atomic E-state index is 0.0106. The minimum Gasteiger partial charge on any atom is -0.366 e. The zero-order valence-electron chi connectivity index (χ0n) is 11.3. The molecule has 112 valence electrons. The molecule has 8 heteroatoms. The lowest BCUT2D eigenvalue weighted by Crippen LogP contribution is -2.22. The maximum Gasteiger partial charge on any atom is 0.269 e. The molecule has 0 radical (unpaired) electrons. The number of nitro groups is 1. The van der Waals surface area contributed by atoms with E-state index in [0.29, 0.717) is 16.9 Å². The van der Waals surface area contributed by atoms with Crippen LogP contribution in [0.4, 0.5) is 17.1 Å². The number of rotatable bonds is 4. The fourth-order valence-corrected chi connectivity index (χ4v) is 1.99. The number of carbonyl (C=O) groups excluding carboxylic acids is 1. The van der Waals surface area contributed by atoms with Gasteiger partial charge in [0, 0.05) is 17.8 Å². The Morgan fingerprint density at radius 3 is 2.32 bits per heavy atom. The van der Waals surface area contributed by atoms with Crippen LogP contribution in [0.15, 0.2) is 48.5 Å². The van der Waals surface area contributed by atoms with Gasteiger partial charge < -0.3 is 16.4 Å². The Morgan fingerprint density at radius 2 is 1.73 bits per heavy atom. The maximum absolute atomic E-state index is 11.3. The summed E-state index contributed by atoms with van der Waals surface area (Å²) in [6.45, 7) is 0.